The van der Waals surface area contributed by atoms with Crippen LogP contribution >= 0.6 is 0 Å². The van der Waals surface area contributed by atoms with E-state index in [1.807, 2.05) is 35.4 Å². The molecule has 1 amide bonds. The van der Waals surface area contributed by atoms with Gasteiger partial charge in [-0.1, -0.05) is 18.2 Å². The van der Waals surface area contributed by atoms with E-state index in [9.17, 15) is 4.79 Å². The molecule has 0 atom stereocenters. The number of rotatable bonds is 3. The van der Waals surface area contributed by atoms with Crippen molar-refractivity contribution in [1.82, 2.24) is 20.0 Å². The Balaban J connectivity index is 1.50. The first-order valence-corrected chi connectivity index (χ1v) is 7.94. The number of aromatic amines is 1. The number of carbonyl (C=O) groups is 1. The summed E-state index contributed by atoms with van der Waals surface area (Å²) in [5, 5.41) is 6.80. The summed E-state index contributed by atoms with van der Waals surface area (Å²) in [6.45, 7) is 4.10. The van der Waals surface area contributed by atoms with Crippen molar-refractivity contribution in [2.24, 2.45) is 0 Å². The lowest BCUT2D eigenvalue weighted by atomic mass is 9.99. The fourth-order valence-corrected chi connectivity index (χ4v) is 3.45. The third-order valence-electron chi connectivity index (χ3n) is 4.77. The number of hydrogen-bond acceptors (Lipinski definition) is 3. The minimum Gasteiger partial charge on any atom is -0.335 e. The Bertz CT molecular complexity index is 655. The summed E-state index contributed by atoms with van der Waals surface area (Å²) in [6, 6.07) is 8.34. The van der Waals surface area contributed by atoms with Crippen LogP contribution in [0.3, 0.4) is 0 Å². The predicted octanol–water partition coefficient (Wildman–Crippen LogP) is 2.00. The number of nitrogens with zero attached hydrogens (tertiary/aromatic N) is 3. The molecule has 1 aromatic heterocycles. The van der Waals surface area contributed by atoms with E-state index >= 15 is 0 Å². The van der Waals surface area contributed by atoms with Gasteiger partial charge in [0.25, 0.3) is 5.91 Å². The van der Waals surface area contributed by atoms with Crippen molar-refractivity contribution in [1.29, 1.82) is 0 Å². The summed E-state index contributed by atoms with van der Waals surface area (Å²) >= 11 is 0. The maximum atomic E-state index is 12.8. The fraction of sp³-hybridized carbons (Fsp3) is 0.412. The van der Waals surface area contributed by atoms with Gasteiger partial charge in [0.05, 0.1) is 6.20 Å². The van der Waals surface area contributed by atoms with Gasteiger partial charge in [-0.15, -0.1) is 0 Å². The SMILES string of the molecule is O=C(c1ccccc1-c1cn[nH]c1)N1CC(N2CCCC2)C1. The van der Waals surface area contributed by atoms with E-state index < -0.39 is 0 Å². The van der Waals surface area contributed by atoms with E-state index in [0.29, 0.717) is 6.04 Å². The lowest BCUT2D eigenvalue weighted by Gasteiger charge is -2.44. The van der Waals surface area contributed by atoms with E-state index in [1.54, 1.807) is 6.20 Å². The Morgan fingerprint density at radius 2 is 1.95 bits per heavy atom. The second-order valence-electron chi connectivity index (χ2n) is 6.14. The van der Waals surface area contributed by atoms with Gasteiger partial charge in [-0.05, 0) is 37.6 Å². The molecule has 2 aliphatic rings. The Labute approximate surface area is 129 Å². The summed E-state index contributed by atoms with van der Waals surface area (Å²) < 4.78 is 0. The summed E-state index contributed by atoms with van der Waals surface area (Å²) in [4.78, 5) is 17.3. The van der Waals surface area contributed by atoms with E-state index in [-0.39, 0.29) is 5.91 Å². The standard InChI is InChI=1S/C17H20N4O/c22-17(21-11-14(12-21)20-7-3-4-8-20)16-6-2-1-5-15(16)13-9-18-19-10-13/h1-2,5-6,9-10,14H,3-4,7-8,11-12H2,(H,18,19). The lowest BCUT2D eigenvalue weighted by Crippen LogP contribution is -2.60. The molecule has 0 aliphatic carbocycles. The van der Waals surface area contributed by atoms with Crippen molar-refractivity contribution in [3.8, 4) is 11.1 Å². The van der Waals surface area contributed by atoms with Crippen molar-refractivity contribution < 1.29 is 4.79 Å². The topological polar surface area (TPSA) is 52.2 Å². The quantitative estimate of drug-likeness (QED) is 0.942. The molecule has 1 N–H and O–H groups in total. The molecule has 0 bridgehead atoms. The maximum absolute atomic E-state index is 12.8. The maximum Gasteiger partial charge on any atom is 0.254 e. The largest absolute Gasteiger partial charge is 0.335 e. The van der Waals surface area contributed by atoms with E-state index in [4.69, 9.17) is 0 Å². The molecule has 5 nitrogen and oxygen atoms in total. The molecule has 2 saturated heterocycles. The first-order valence-electron chi connectivity index (χ1n) is 7.94. The number of likely N-dealkylation sites (tertiary alicyclic amines) is 2. The van der Waals surface area contributed by atoms with Gasteiger partial charge in [-0.3, -0.25) is 14.8 Å². The van der Waals surface area contributed by atoms with Gasteiger partial charge in [-0.2, -0.15) is 5.10 Å². The van der Waals surface area contributed by atoms with Gasteiger partial charge >= 0.3 is 0 Å². The van der Waals surface area contributed by atoms with E-state index in [2.05, 4.69) is 15.1 Å². The molecule has 3 heterocycles. The zero-order valence-electron chi connectivity index (χ0n) is 12.5. The third kappa shape index (κ3) is 2.31. The normalized spacial score (nSPS) is 19.4. The van der Waals surface area contributed by atoms with E-state index in [0.717, 1.165) is 29.8 Å². The number of carbonyl (C=O) groups excluding carboxylic acids is 1. The lowest BCUT2D eigenvalue weighted by molar-refractivity contribution is 0.0335. The molecular weight excluding hydrogens is 276 g/mol. The molecule has 2 aliphatic heterocycles. The predicted molar refractivity (Wildman–Crippen MR) is 84.5 cm³/mol. The van der Waals surface area contributed by atoms with Crippen LogP contribution in [-0.4, -0.2) is 58.1 Å². The molecule has 2 fully saturated rings. The average molecular weight is 296 g/mol. The number of aromatic nitrogens is 2. The van der Waals surface area contributed by atoms with Crippen molar-refractivity contribution in [3.05, 3.63) is 42.2 Å². The van der Waals surface area contributed by atoms with Crippen molar-refractivity contribution in [2.45, 2.75) is 18.9 Å². The van der Waals surface area contributed by atoms with E-state index in [1.165, 1.54) is 25.9 Å². The van der Waals surface area contributed by atoms with Crippen LogP contribution in [0.5, 0.6) is 0 Å². The highest BCUT2D eigenvalue weighted by molar-refractivity contribution is 6.01. The molecule has 1 aromatic carbocycles. The number of hydrogen-bond donors (Lipinski definition) is 1. The summed E-state index contributed by atoms with van der Waals surface area (Å²) in [6.07, 6.45) is 6.19. The first kappa shape index (κ1) is 13.5. The zero-order chi connectivity index (χ0) is 14.9. The van der Waals surface area contributed by atoms with Gasteiger partial charge in [0.1, 0.15) is 0 Å². The van der Waals surface area contributed by atoms with Crippen LogP contribution in [0.1, 0.15) is 23.2 Å². The molecule has 2 aromatic rings. The smallest absolute Gasteiger partial charge is 0.254 e. The second kappa shape index (κ2) is 5.57. The number of benzene rings is 1. The molecule has 0 radical (unpaired) electrons. The third-order valence-corrected chi connectivity index (χ3v) is 4.77. The summed E-state index contributed by atoms with van der Waals surface area (Å²) in [7, 11) is 0. The second-order valence-corrected chi connectivity index (χ2v) is 6.14. The van der Waals surface area contributed by atoms with Crippen LogP contribution < -0.4 is 0 Å². The molecule has 22 heavy (non-hydrogen) atoms. The van der Waals surface area contributed by atoms with Crippen LogP contribution in [0.4, 0.5) is 0 Å². The Kier molecular flexibility index (Phi) is 3.42. The van der Waals surface area contributed by atoms with Crippen LogP contribution in [0, 0.1) is 0 Å². The minimum absolute atomic E-state index is 0.132. The molecule has 5 heteroatoms. The monoisotopic (exact) mass is 296 g/mol. The summed E-state index contributed by atoms with van der Waals surface area (Å²) in [5.74, 6) is 0.132. The van der Waals surface area contributed by atoms with Crippen LogP contribution in [0.2, 0.25) is 0 Å². The highest BCUT2D eigenvalue weighted by atomic mass is 16.2. The molecule has 0 saturated carbocycles. The van der Waals surface area contributed by atoms with Gasteiger partial charge in [0, 0.05) is 36.5 Å². The Morgan fingerprint density at radius 3 is 2.68 bits per heavy atom. The average Bonchev–Trinajstić information content (AvgIpc) is 3.19. The molecule has 4 rings (SSSR count). The highest BCUT2D eigenvalue weighted by Crippen LogP contribution is 2.27. The van der Waals surface area contributed by atoms with Crippen molar-refractivity contribution in [2.75, 3.05) is 26.2 Å². The number of H-pyrrole nitrogens is 1. The Hall–Kier alpha value is -2.14. The van der Waals surface area contributed by atoms with Gasteiger partial charge in [-0.25, -0.2) is 0 Å². The molecule has 114 valence electrons. The van der Waals surface area contributed by atoms with Gasteiger partial charge < -0.3 is 4.90 Å². The first-order chi connectivity index (χ1) is 10.8. The molecule has 0 unspecified atom stereocenters. The number of nitrogens with one attached hydrogen (secondary N) is 1. The summed E-state index contributed by atoms with van der Waals surface area (Å²) in [5.41, 5.74) is 2.68. The molecular formula is C17H20N4O. The van der Waals surface area contributed by atoms with Crippen molar-refractivity contribution >= 4 is 5.91 Å². The highest BCUT2D eigenvalue weighted by Gasteiger charge is 2.36. The fourth-order valence-electron chi connectivity index (χ4n) is 3.45. The van der Waals surface area contributed by atoms with Crippen LogP contribution in [-0.2, 0) is 0 Å². The zero-order valence-corrected chi connectivity index (χ0v) is 12.5. The number of amides is 1. The van der Waals surface area contributed by atoms with Gasteiger partial charge in [0.2, 0.25) is 0 Å². The van der Waals surface area contributed by atoms with Crippen LogP contribution in [0.25, 0.3) is 11.1 Å². The minimum atomic E-state index is 0.132. The molecule has 0 spiro atoms. The van der Waals surface area contributed by atoms with Gasteiger partial charge in [0.15, 0.2) is 0 Å². The Morgan fingerprint density at radius 1 is 1.18 bits per heavy atom. The van der Waals surface area contributed by atoms with Crippen molar-refractivity contribution in [3.63, 3.8) is 0 Å². The van der Waals surface area contributed by atoms with Crippen LogP contribution in [0.15, 0.2) is 36.7 Å².